The molecule has 5 aromatic rings. The summed E-state index contributed by atoms with van der Waals surface area (Å²) in [5, 5.41) is 6.86. The maximum Gasteiger partial charge on any atom is 0.416 e. The summed E-state index contributed by atoms with van der Waals surface area (Å²) >= 11 is 6.58. The Labute approximate surface area is 357 Å². The van der Waals surface area contributed by atoms with E-state index in [1.165, 1.54) is 18.3 Å². The molecule has 2 heterocycles. The van der Waals surface area contributed by atoms with Crippen LogP contribution in [0.2, 0.25) is 5.15 Å². The van der Waals surface area contributed by atoms with Crippen LogP contribution < -0.4 is 31.0 Å². The number of anilines is 2. The van der Waals surface area contributed by atoms with Gasteiger partial charge in [0, 0.05) is 31.4 Å². The van der Waals surface area contributed by atoms with Gasteiger partial charge in [-0.05, 0) is 65.6 Å². The third kappa shape index (κ3) is 12.0. The topological polar surface area (TPSA) is 227 Å². The molecule has 62 heavy (non-hydrogen) atoms. The van der Waals surface area contributed by atoms with Crippen molar-refractivity contribution in [1.82, 2.24) is 29.3 Å². The van der Waals surface area contributed by atoms with Gasteiger partial charge in [-0.2, -0.15) is 13.2 Å². The van der Waals surface area contributed by atoms with Crippen LogP contribution in [0.5, 0.6) is 0 Å². The summed E-state index contributed by atoms with van der Waals surface area (Å²) < 4.78 is 110. The third-order valence-electron chi connectivity index (χ3n) is 8.96. The van der Waals surface area contributed by atoms with Crippen molar-refractivity contribution in [3.63, 3.8) is 0 Å². The monoisotopic (exact) mass is 920 g/mol. The van der Waals surface area contributed by atoms with Gasteiger partial charge in [0.1, 0.15) is 17.3 Å². The molecule has 0 radical (unpaired) electrons. The average molecular weight is 921 g/mol. The Morgan fingerprint density at radius 3 is 2.15 bits per heavy atom. The zero-order valence-electron chi connectivity index (χ0n) is 32.8. The van der Waals surface area contributed by atoms with Crippen LogP contribution in [0.15, 0.2) is 112 Å². The number of sulfonamides is 2. The molecular weight excluding hydrogens is 884 g/mol. The fourth-order valence-electron chi connectivity index (χ4n) is 5.65. The summed E-state index contributed by atoms with van der Waals surface area (Å²) in [7, 11) is -8.82. The average Bonchev–Trinajstić information content (AvgIpc) is 3.19. The van der Waals surface area contributed by atoms with Crippen LogP contribution in [0, 0.1) is 11.2 Å². The lowest BCUT2D eigenvalue weighted by Gasteiger charge is -2.31. The predicted octanol–water partition coefficient (Wildman–Crippen LogP) is 5.31. The van der Waals surface area contributed by atoms with Gasteiger partial charge in [0.25, 0.3) is 21.5 Å². The van der Waals surface area contributed by atoms with E-state index in [-0.39, 0.29) is 28.7 Å². The number of aromatic nitrogens is 3. The highest BCUT2D eigenvalue weighted by atomic mass is 35.5. The molecular formula is C39H37ClF4N8O8S2. The Balaban J connectivity index is 1.40. The van der Waals surface area contributed by atoms with E-state index in [0.29, 0.717) is 35.9 Å². The number of halogens is 5. The Morgan fingerprint density at radius 2 is 1.53 bits per heavy atom. The lowest BCUT2D eigenvalue weighted by molar-refractivity contribution is -0.137. The molecule has 0 aliphatic heterocycles. The molecule has 4 amide bonds. The first kappa shape index (κ1) is 46.8. The summed E-state index contributed by atoms with van der Waals surface area (Å²) in [6, 6.07) is 13.9. The summed E-state index contributed by atoms with van der Waals surface area (Å²) in [6.45, 7) is 4.00. The Kier molecular flexibility index (Phi) is 14.2. The fourth-order valence-corrected chi connectivity index (χ4v) is 7.88. The number of amides is 4. The molecule has 0 spiro atoms. The maximum atomic E-state index is 14.5. The van der Waals surface area contributed by atoms with Crippen molar-refractivity contribution in [3.05, 3.63) is 141 Å². The Bertz CT molecular complexity index is 2760. The minimum Gasteiger partial charge on any atom is -0.333 e. The van der Waals surface area contributed by atoms with Crippen LogP contribution in [0.4, 0.5) is 33.9 Å². The van der Waals surface area contributed by atoms with E-state index in [0.717, 1.165) is 22.9 Å². The van der Waals surface area contributed by atoms with Gasteiger partial charge < -0.3 is 10.6 Å². The van der Waals surface area contributed by atoms with Gasteiger partial charge in [0.05, 0.1) is 27.4 Å². The fraction of sp³-hybridized carbons (Fsp3) is 0.231. The number of benzene rings is 3. The van der Waals surface area contributed by atoms with Crippen LogP contribution in [-0.4, -0.2) is 61.8 Å². The van der Waals surface area contributed by atoms with Gasteiger partial charge in [-0.15, -0.1) is 0 Å². The van der Waals surface area contributed by atoms with Crippen molar-refractivity contribution < 1.29 is 48.8 Å². The van der Waals surface area contributed by atoms with Crippen LogP contribution >= 0.6 is 11.6 Å². The van der Waals surface area contributed by atoms with E-state index in [1.54, 1.807) is 55.8 Å². The number of hydrogen-bond donors (Lipinski definition) is 5. The smallest absolute Gasteiger partial charge is 0.333 e. The Morgan fingerprint density at radius 1 is 0.855 bits per heavy atom. The summed E-state index contributed by atoms with van der Waals surface area (Å²) in [5.41, 5.74) is -3.49. The normalized spacial score (nSPS) is 12.6. The number of carbonyl (C=O) groups is 3. The van der Waals surface area contributed by atoms with Gasteiger partial charge in [-0.3, -0.25) is 29.3 Å². The minimum absolute atomic E-state index is 0.0128. The number of urea groups is 1. The highest BCUT2D eigenvalue weighted by molar-refractivity contribution is 7.90. The van der Waals surface area contributed by atoms with E-state index in [1.807, 2.05) is 0 Å². The second-order valence-corrected chi connectivity index (χ2v) is 18.3. The molecule has 0 fully saturated rings. The van der Waals surface area contributed by atoms with E-state index in [4.69, 9.17) is 11.6 Å². The Hall–Kier alpha value is -6.23. The molecule has 23 heteroatoms. The second kappa shape index (κ2) is 18.8. The van der Waals surface area contributed by atoms with E-state index >= 15 is 0 Å². The van der Waals surface area contributed by atoms with Crippen molar-refractivity contribution in [1.29, 1.82) is 0 Å². The summed E-state index contributed by atoms with van der Waals surface area (Å²) in [5.74, 6) is -4.10. The summed E-state index contributed by atoms with van der Waals surface area (Å²) in [4.78, 5) is 61.3. The molecule has 328 valence electrons. The number of hydrogen-bond acceptors (Lipinski definition) is 10. The third-order valence-corrected chi connectivity index (χ3v) is 12.0. The standard InChI is InChI=1S/C39H37ClF4N8O8S2/c1-38(2,3)31(21-46-61(57,58)27-10-7-17-45-20-27)48-37(56)50-34-36(55)52(30(33(40)49-34)18-23-8-5-4-6-9-23)22-32(53)47-29-19-25(41)13-16-28(29)35(54)51-62(59,60)26-14-11-24(12-15-26)39(42,43)44/h4-17,19-20,31,46H,18,21-22H2,1-3H3,(H,47,53)(H,51,54)(H2,48,49,50,56)/t31-/m1/s1. The molecule has 3 aromatic carbocycles. The van der Waals surface area contributed by atoms with Crippen LogP contribution in [0.3, 0.4) is 0 Å². The SMILES string of the molecule is CC(C)(C)[C@@H](CNS(=O)(=O)c1cccnc1)NC(=O)Nc1nc(Cl)c(Cc2ccccc2)n(CC(=O)Nc2cc(F)ccc2C(=O)NS(=O)(=O)c2ccc(C(F)(F)F)cc2)c1=O. The molecule has 0 bridgehead atoms. The van der Waals surface area contributed by atoms with E-state index in [2.05, 4.69) is 30.6 Å². The number of pyridine rings is 1. The second-order valence-electron chi connectivity index (χ2n) is 14.5. The van der Waals surface area contributed by atoms with Gasteiger partial charge in [0.2, 0.25) is 21.7 Å². The van der Waals surface area contributed by atoms with E-state index in [9.17, 15) is 53.6 Å². The van der Waals surface area contributed by atoms with Crippen LogP contribution in [0.1, 0.15) is 48.0 Å². The highest BCUT2D eigenvalue weighted by Gasteiger charge is 2.32. The first-order chi connectivity index (χ1) is 28.9. The first-order valence-electron chi connectivity index (χ1n) is 18.1. The number of nitrogens with zero attached hydrogens (tertiary/aromatic N) is 3. The van der Waals surface area contributed by atoms with Crippen molar-refractivity contribution in [3.8, 4) is 0 Å². The zero-order valence-corrected chi connectivity index (χ0v) is 35.1. The number of carbonyl (C=O) groups excluding carboxylic acids is 3. The van der Waals surface area contributed by atoms with Crippen LogP contribution in [-0.2, 0) is 44.0 Å². The minimum atomic E-state index is -4.78. The van der Waals surface area contributed by atoms with Crippen molar-refractivity contribution in [2.24, 2.45) is 5.41 Å². The number of alkyl halides is 3. The predicted molar refractivity (Wildman–Crippen MR) is 219 cm³/mol. The molecule has 0 saturated carbocycles. The quantitative estimate of drug-likeness (QED) is 0.0902. The van der Waals surface area contributed by atoms with Crippen molar-refractivity contribution >= 4 is 61.0 Å². The number of rotatable bonds is 14. The largest absolute Gasteiger partial charge is 0.416 e. The molecule has 16 nitrogen and oxygen atoms in total. The highest BCUT2D eigenvalue weighted by Crippen LogP contribution is 2.30. The zero-order chi connectivity index (χ0) is 45.6. The van der Waals surface area contributed by atoms with Crippen molar-refractivity contribution in [2.45, 2.75) is 55.7 Å². The molecule has 0 unspecified atom stereocenters. The molecule has 1 atom stereocenters. The molecule has 0 aliphatic carbocycles. The molecule has 0 saturated heterocycles. The van der Waals surface area contributed by atoms with Gasteiger partial charge >= 0.3 is 12.2 Å². The number of nitrogens with one attached hydrogen (secondary N) is 5. The lowest BCUT2D eigenvalue weighted by Crippen LogP contribution is -2.52. The van der Waals surface area contributed by atoms with E-state index < -0.39 is 101 Å². The maximum absolute atomic E-state index is 14.5. The molecule has 0 aliphatic rings. The molecule has 5 rings (SSSR count). The van der Waals surface area contributed by atoms with Gasteiger partial charge in [0.15, 0.2) is 5.15 Å². The van der Waals surface area contributed by atoms with Crippen LogP contribution in [0.25, 0.3) is 0 Å². The van der Waals surface area contributed by atoms with Gasteiger partial charge in [-0.1, -0.05) is 62.7 Å². The molecule has 2 aromatic heterocycles. The van der Waals surface area contributed by atoms with Gasteiger partial charge in [-0.25, -0.2) is 40.4 Å². The summed E-state index contributed by atoms with van der Waals surface area (Å²) in [6.07, 6.45) is -2.29. The lowest BCUT2D eigenvalue weighted by atomic mass is 9.87. The van der Waals surface area contributed by atoms with Crippen molar-refractivity contribution in [2.75, 3.05) is 17.2 Å². The molecule has 5 N–H and O–H groups in total. The first-order valence-corrected chi connectivity index (χ1v) is 21.4.